The molecule has 1 unspecified atom stereocenters. The fourth-order valence-electron chi connectivity index (χ4n) is 6.50. The molecular formula is C36H54N6O6. The molecule has 12 nitrogen and oxygen atoms in total. The van der Waals surface area contributed by atoms with Crippen molar-refractivity contribution in [1.82, 2.24) is 19.9 Å². The third kappa shape index (κ3) is 11.1. The van der Waals surface area contributed by atoms with Crippen LogP contribution in [0.15, 0.2) is 12.3 Å². The fraction of sp³-hybridized carbons (Fsp3) is 0.694. The van der Waals surface area contributed by atoms with Gasteiger partial charge in [0.15, 0.2) is 11.6 Å². The normalized spacial score (nSPS) is 15.8. The van der Waals surface area contributed by atoms with Crippen molar-refractivity contribution in [2.45, 2.75) is 117 Å². The van der Waals surface area contributed by atoms with Gasteiger partial charge in [0.05, 0.1) is 25.6 Å². The Hall–Kier alpha value is -3.83. The number of hydrogen-bond donors (Lipinski definition) is 0. The first-order valence-electron chi connectivity index (χ1n) is 17.8. The van der Waals surface area contributed by atoms with Crippen LogP contribution in [0.4, 0.5) is 11.6 Å². The van der Waals surface area contributed by atoms with Crippen LogP contribution in [0, 0.1) is 0 Å². The minimum absolute atomic E-state index is 0.0225. The number of nitrogens with zero attached hydrogens (tertiary/aromatic N) is 6. The summed E-state index contributed by atoms with van der Waals surface area (Å²) < 4.78 is 16.4. The molecule has 0 aliphatic carbocycles. The second kappa shape index (κ2) is 18.6. The van der Waals surface area contributed by atoms with E-state index in [9.17, 15) is 14.4 Å². The van der Waals surface area contributed by atoms with Crippen LogP contribution in [-0.4, -0.2) is 83.7 Å². The highest BCUT2D eigenvalue weighted by molar-refractivity contribution is 5.93. The van der Waals surface area contributed by atoms with E-state index in [2.05, 4.69) is 16.4 Å². The fourth-order valence-corrected chi connectivity index (χ4v) is 6.50. The van der Waals surface area contributed by atoms with Crippen LogP contribution in [-0.2, 0) is 28.6 Å². The Kier molecular flexibility index (Phi) is 14.4. The number of rotatable bonds is 18. The maximum absolute atomic E-state index is 11.9. The zero-order valence-corrected chi connectivity index (χ0v) is 29.4. The van der Waals surface area contributed by atoms with Gasteiger partial charge in [-0.15, -0.1) is 0 Å². The van der Waals surface area contributed by atoms with E-state index in [1.54, 1.807) is 6.92 Å². The first-order valence-corrected chi connectivity index (χ1v) is 17.8. The molecule has 4 rings (SSSR count). The molecule has 1 atom stereocenters. The molecule has 0 amide bonds. The molecule has 2 aromatic rings. The number of esters is 2. The minimum Gasteiger partial charge on any atom is -0.499 e. The average molecular weight is 667 g/mol. The van der Waals surface area contributed by atoms with Gasteiger partial charge in [-0.1, -0.05) is 6.58 Å². The van der Waals surface area contributed by atoms with Crippen molar-refractivity contribution in [2.24, 2.45) is 0 Å². The van der Waals surface area contributed by atoms with E-state index in [1.807, 2.05) is 6.92 Å². The smallest absolute Gasteiger partial charge is 0.302 e. The van der Waals surface area contributed by atoms with Gasteiger partial charge in [0.1, 0.15) is 28.5 Å². The standard InChI is InChI=1S/C36H54N6O6/c1-25(2)46-22-15-29(14-12-13-26(3)43)33-37-31-32(35(39-33)41-18-8-6-9-19-41)38-34(40-36(31)42-20-10-7-11-21-42)30(16-23-47-27(4)44)17-24-48-28(5)45/h29-30H,1,6-24H2,2-5H3. The van der Waals surface area contributed by atoms with Crippen molar-refractivity contribution in [3.05, 3.63) is 24.0 Å². The quantitative estimate of drug-likeness (QED) is 0.133. The largest absolute Gasteiger partial charge is 0.499 e. The van der Waals surface area contributed by atoms with E-state index in [1.165, 1.54) is 26.7 Å². The predicted octanol–water partition coefficient (Wildman–Crippen LogP) is 6.17. The Morgan fingerprint density at radius 1 is 0.625 bits per heavy atom. The number of ether oxygens (including phenoxy) is 3. The second-order valence-corrected chi connectivity index (χ2v) is 13.2. The first kappa shape index (κ1) is 37.0. The Bertz CT molecular complexity index is 1260. The van der Waals surface area contributed by atoms with E-state index in [0.29, 0.717) is 43.9 Å². The Balaban J connectivity index is 1.87. The third-order valence-corrected chi connectivity index (χ3v) is 9.02. The topological polar surface area (TPSA) is 137 Å². The summed E-state index contributed by atoms with van der Waals surface area (Å²) in [6.45, 7) is 14.5. The Morgan fingerprint density at radius 2 is 1.04 bits per heavy atom. The number of anilines is 2. The van der Waals surface area contributed by atoms with Crippen LogP contribution in [0.3, 0.4) is 0 Å². The number of allylic oxidation sites excluding steroid dienone is 1. The predicted molar refractivity (Wildman–Crippen MR) is 185 cm³/mol. The summed E-state index contributed by atoms with van der Waals surface area (Å²) in [5.41, 5.74) is 1.46. The lowest BCUT2D eigenvalue weighted by molar-refractivity contribution is -0.141. The van der Waals surface area contributed by atoms with Crippen LogP contribution < -0.4 is 9.80 Å². The van der Waals surface area contributed by atoms with Gasteiger partial charge in [0.2, 0.25) is 0 Å². The molecule has 2 aliphatic heterocycles. The summed E-state index contributed by atoms with van der Waals surface area (Å²) in [5.74, 6) is 2.85. The van der Waals surface area contributed by atoms with Gasteiger partial charge >= 0.3 is 11.9 Å². The third-order valence-electron chi connectivity index (χ3n) is 9.02. The highest BCUT2D eigenvalue weighted by Gasteiger charge is 2.29. The van der Waals surface area contributed by atoms with Crippen LogP contribution in [0.2, 0.25) is 0 Å². The van der Waals surface area contributed by atoms with E-state index < -0.39 is 0 Å². The van der Waals surface area contributed by atoms with Gasteiger partial charge in [-0.25, -0.2) is 19.9 Å². The van der Waals surface area contributed by atoms with Crippen LogP contribution in [0.1, 0.15) is 128 Å². The van der Waals surface area contributed by atoms with E-state index in [-0.39, 0.29) is 42.8 Å². The molecule has 0 N–H and O–H groups in total. The lowest BCUT2D eigenvalue weighted by Crippen LogP contribution is -2.33. The lowest BCUT2D eigenvalue weighted by Gasteiger charge is -2.32. The van der Waals surface area contributed by atoms with Crippen molar-refractivity contribution in [2.75, 3.05) is 55.8 Å². The number of ketones is 1. The molecule has 12 heteroatoms. The summed E-state index contributed by atoms with van der Waals surface area (Å²) in [6.07, 6.45) is 10.3. The summed E-state index contributed by atoms with van der Waals surface area (Å²) >= 11 is 0. The highest BCUT2D eigenvalue weighted by atomic mass is 16.5. The molecule has 0 spiro atoms. The molecule has 48 heavy (non-hydrogen) atoms. The molecule has 2 saturated heterocycles. The van der Waals surface area contributed by atoms with Gasteiger partial charge in [-0.2, -0.15) is 0 Å². The Labute approximate surface area is 285 Å². The number of aromatic nitrogens is 4. The van der Waals surface area contributed by atoms with Gasteiger partial charge < -0.3 is 28.8 Å². The van der Waals surface area contributed by atoms with Gasteiger partial charge in [-0.05, 0) is 84.5 Å². The molecule has 4 heterocycles. The number of hydrogen-bond acceptors (Lipinski definition) is 12. The Morgan fingerprint density at radius 3 is 1.44 bits per heavy atom. The van der Waals surface area contributed by atoms with Gasteiger partial charge in [-0.3, -0.25) is 9.59 Å². The number of carbonyl (C=O) groups is 3. The molecule has 2 fully saturated rings. The zero-order chi connectivity index (χ0) is 34.5. The van der Waals surface area contributed by atoms with Crippen LogP contribution in [0.5, 0.6) is 0 Å². The van der Waals surface area contributed by atoms with Crippen molar-refractivity contribution in [3.63, 3.8) is 0 Å². The summed E-state index contributed by atoms with van der Waals surface area (Å²) in [6, 6.07) is 0. The first-order chi connectivity index (χ1) is 23.1. The maximum Gasteiger partial charge on any atom is 0.302 e. The summed E-state index contributed by atoms with van der Waals surface area (Å²) in [7, 11) is 0. The van der Waals surface area contributed by atoms with Crippen LogP contribution >= 0.6 is 0 Å². The molecule has 0 aromatic carbocycles. The second-order valence-electron chi connectivity index (χ2n) is 13.2. The molecule has 2 aliphatic rings. The van der Waals surface area contributed by atoms with Crippen molar-refractivity contribution in [1.29, 1.82) is 0 Å². The van der Waals surface area contributed by atoms with Crippen molar-refractivity contribution < 1.29 is 28.6 Å². The van der Waals surface area contributed by atoms with Gasteiger partial charge in [0, 0.05) is 58.3 Å². The highest BCUT2D eigenvalue weighted by Crippen LogP contribution is 2.36. The molecular weight excluding hydrogens is 612 g/mol. The molecule has 264 valence electrons. The van der Waals surface area contributed by atoms with E-state index in [4.69, 9.17) is 34.1 Å². The zero-order valence-electron chi connectivity index (χ0n) is 29.4. The van der Waals surface area contributed by atoms with Gasteiger partial charge in [0.25, 0.3) is 0 Å². The lowest BCUT2D eigenvalue weighted by atomic mass is 9.96. The number of carbonyl (C=O) groups excluding carboxylic acids is 3. The molecule has 0 radical (unpaired) electrons. The van der Waals surface area contributed by atoms with Crippen molar-refractivity contribution >= 4 is 40.4 Å². The monoisotopic (exact) mass is 666 g/mol. The summed E-state index contributed by atoms with van der Waals surface area (Å²) in [4.78, 5) is 60.7. The average Bonchev–Trinajstić information content (AvgIpc) is 3.06. The van der Waals surface area contributed by atoms with Crippen LogP contribution in [0.25, 0.3) is 11.0 Å². The van der Waals surface area contributed by atoms with E-state index >= 15 is 0 Å². The van der Waals surface area contributed by atoms with Crippen molar-refractivity contribution in [3.8, 4) is 0 Å². The summed E-state index contributed by atoms with van der Waals surface area (Å²) in [5, 5.41) is 0. The molecule has 2 aromatic heterocycles. The molecule has 0 bridgehead atoms. The molecule has 0 saturated carbocycles. The minimum atomic E-state index is -0.345. The van der Waals surface area contributed by atoms with E-state index in [0.717, 1.165) is 93.2 Å². The number of piperidine rings is 2. The maximum atomic E-state index is 11.9. The number of Topliss-reactive ketones (excluding diaryl/α,β-unsaturated/α-hetero) is 1. The number of fused-ring (bicyclic) bond motifs is 1. The SMILES string of the molecule is C=C(C)OCCC(CCCC(C)=O)c1nc(N2CCCCC2)c2nc(C(CCOC(C)=O)CCOC(C)=O)nc(N3CCCCC3)c2n1.